The molecule has 1 aromatic heterocycles. The fraction of sp³-hybridized carbons (Fsp3) is 0.818. The van der Waals surface area contributed by atoms with Crippen LogP contribution in [-0.2, 0) is 15.4 Å². The average Bonchev–Trinajstić information content (AvgIpc) is 2.82. The summed E-state index contributed by atoms with van der Waals surface area (Å²) in [6.07, 6.45) is 5.36. The van der Waals surface area contributed by atoms with E-state index in [1.54, 1.807) is 0 Å². The summed E-state index contributed by atoms with van der Waals surface area (Å²) in [4.78, 5) is 4.11. The molecule has 0 aliphatic heterocycles. The Morgan fingerprint density at radius 2 is 2.00 bits per heavy atom. The van der Waals surface area contributed by atoms with E-state index in [0.717, 1.165) is 32.1 Å². The Morgan fingerprint density at radius 3 is 2.44 bits per heavy atom. The van der Waals surface area contributed by atoms with Gasteiger partial charge in [0.25, 0.3) is 15.2 Å². The number of hydrogen-bond acceptors (Lipinski definition) is 4. The normalized spacial score (nSPS) is 19.6. The number of primary sulfonamides is 1. The van der Waals surface area contributed by atoms with Gasteiger partial charge in [-0.15, -0.1) is 5.10 Å². The zero-order chi connectivity index (χ0) is 13.4. The number of nitrogens with two attached hydrogens (primary N) is 1. The van der Waals surface area contributed by atoms with Crippen molar-refractivity contribution in [3.8, 4) is 0 Å². The first-order valence-corrected chi connectivity index (χ1v) is 7.84. The summed E-state index contributed by atoms with van der Waals surface area (Å²) >= 11 is 0. The first-order valence-electron chi connectivity index (χ1n) is 6.29. The van der Waals surface area contributed by atoms with Crippen molar-refractivity contribution in [2.45, 2.75) is 56.5 Å². The molecule has 1 aliphatic rings. The molecule has 0 spiro atoms. The van der Waals surface area contributed by atoms with Crippen molar-refractivity contribution >= 4 is 10.0 Å². The maximum Gasteiger partial charge on any atom is 0.282 e. The fourth-order valence-electron chi connectivity index (χ4n) is 2.98. The van der Waals surface area contributed by atoms with Gasteiger partial charge in [-0.3, -0.25) is 5.10 Å². The maximum absolute atomic E-state index is 11.2. The molecule has 1 aliphatic carbocycles. The number of H-pyrrole nitrogens is 1. The van der Waals surface area contributed by atoms with Gasteiger partial charge in [-0.1, -0.05) is 26.7 Å². The van der Waals surface area contributed by atoms with E-state index in [4.69, 9.17) is 5.14 Å². The third-order valence-electron chi connectivity index (χ3n) is 3.58. The topological polar surface area (TPSA) is 102 Å². The number of nitrogens with zero attached hydrogens (tertiary/aromatic N) is 2. The Balaban J connectivity index is 2.35. The van der Waals surface area contributed by atoms with Crippen molar-refractivity contribution in [3.63, 3.8) is 0 Å². The molecule has 2 rings (SSSR count). The number of sulfonamides is 1. The Hall–Kier alpha value is -0.950. The van der Waals surface area contributed by atoms with Gasteiger partial charge in [0, 0.05) is 5.41 Å². The van der Waals surface area contributed by atoms with Crippen molar-refractivity contribution in [1.82, 2.24) is 15.2 Å². The Kier molecular flexibility index (Phi) is 3.46. The lowest BCUT2D eigenvalue weighted by atomic mass is 9.78. The van der Waals surface area contributed by atoms with E-state index >= 15 is 0 Å². The number of nitrogens with one attached hydrogen (secondary N) is 1. The van der Waals surface area contributed by atoms with Gasteiger partial charge in [0.2, 0.25) is 0 Å². The van der Waals surface area contributed by atoms with Crippen LogP contribution in [0.15, 0.2) is 5.16 Å². The summed E-state index contributed by atoms with van der Waals surface area (Å²) in [6, 6.07) is 0. The SMILES string of the molecule is CC(C)CC1(c2nc(S(N)(=O)=O)n[nH]2)CCCC1. The van der Waals surface area contributed by atoms with Crippen LogP contribution < -0.4 is 5.14 Å². The summed E-state index contributed by atoms with van der Waals surface area (Å²) in [5, 5.41) is 11.3. The van der Waals surface area contributed by atoms with Crippen LogP contribution in [0.1, 0.15) is 51.8 Å². The van der Waals surface area contributed by atoms with Crippen LogP contribution in [0.25, 0.3) is 0 Å². The molecular formula is C11H20N4O2S. The summed E-state index contributed by atoms with van der Waals surface area (Å²) in [6.45, 7) is 4.33. The predicted octanol–water partition coefficient (Wildman–Crippen LogP) is 1.31. The Morgan fingerprint density at radius 1 is 1.39 bits per heavy atom. The first-order chi connectivity index (χ1) is 8.33. The van der Waals surface area contributed by atoms with Crippen LogP contribution >= 0.6 is 0 Å². The molecule has 0 amide bonds. The maximum atomic E-state index is 11.2. The minimum Gasteiger partial charge on any atom is -0.261 e. The van der Waals surface area contributed by atoms with Gasteiger partial charge in [-0.05, 0) is 25.2 Å². The monoisotopic (exact) mass is 272 g/mol. The molecule has 1 fully saturated rings. The second kappa shape index (κ2) is 4.62. The number of aromatic nitrogens is 3. The van der Waals surface area contributed by atoms with Crippen LogP contribution in [0.3, 0.4) is 0 Å². The molecule has 18 heavy (non-hydrogen) atoms. The third kappa shape index (κ3) is 2.56. The molecular weight excluding hydrogens is 252 g/mol. The van der Waals surface area contributed by atoms with Crippen LogP contribution in [-0.4, -0.2) is 23.6 Å². The molecule has 1 heterocycles. The molecule has 6 nitrogen and oxygen atoms in total. The van der Waals surface area contributed by atoms with Gasteiger partial charge in [0.05, 0.1) is 0 Å². The summed E-state index contributed by atoms with van der Waals surface area (Å²) in [5.74, 6) is 1.21. The van der Waals surface area contributed by atoms with E-state index in [1.807, 2.05) is 0 Å². The summed E-state index contributed by atoms with van der Waals surface area (Å²) < 4.78 is 22.4. The van der Waals surface area contributed by atoms with E-state index in [1.165, 1.54) is 0 Å². The number of aromatic amines is 1. The molecule has 0 bridgehead atoms. The highest BCUT2D eigenvalue weighted by Gasteiger charge is 2.39. The van der Waals surface area contributed by atoms with Crippen molar-refractivity contribution < 1.29 is 8.42 Å². The highest BCUT2D eigenvalue weighted by Crippen LogP contribution is 2.44. The zero-order valence-corrected chi connectivity index (χ0v) is 11.6. The highest BCUT2D eigenvalue weighted by molar-refractivity contribution is 7.89. The summed E-state index contributed by atoms with van der Waals surface area (Å²) in [7, 11) is -3.82. The minimum absolute atomic E-state index is 0.0515. The average molecular weight is 272 g/mol. The molecule has 1 saturated carbocycles. The molecule has 3 N–H and O–H groups in total. The fourth-order valence-corrected chi connectivity index (χ4v) is 3.37. The first kappa shape index (κ1) is 13.5. The van der Waals surface area contributed by atoms with Gasteiger partial charge in [0.1, 0.15) is 5.82 Å². The lowest BCUT2D eigenvalue weighted by Gasteiger charge is -2.28. The largest absolute Gasteiger partial charge is 0.282 e. The minimum atomic E-state index is -3.82. The van der Waals surface area contributed by atoms with E-state index in [2.05, 4.69) is 29.0 Å². The highest BCUT2D eigenvalue weighted by atomic mass is 32.2. The van der Waals surface area contributed by atoms with E-state index < -0.39 is 10.0 Å². The quantitative estimate of drug-likeness (QED) is 0.862. The van der Waals surface area contributed by atoms with Crippen LogP contribution in [0.4, 0.5) is 0 Å². The zero-order valence-electron chi connectivity index (χ0n) is 10.8. The second-order valence-electron chi connectivity index (χ2n) is 5.60. The molecule has 1 aromatic rings. The second-order valence-corrected chi connectivity index (χ2v) is 7.05. The van der Waals surface area contributed by atoms with E-state index in [9.17, 15) is 8.42 Å². The molecule has 0 atom stereocenters. The van der Waals surface area contributed by atoms with Crippen molar-refractivity contribution in [1.29, 1.82) is 0 Å². The molecule has 0 radical (unpaired) electrons. The lowest BCUT2D eigenvalue weighted by molar-refractivity contribution is 0.329. The molecule has 0 unspecified atom stereocenters. The van der Waals surface area contributed by atoms with Crippen molar-refractivity contribution in [3.05, 3.63) is 5.82 Å². The van der Waals surface area contributed by atoms with Crippen molar-refractivity contribution in [2.75, 3.05) is 0 Å². The van der Waals surface area contributed by atoms with Crippen LogP contribution in [0.5, 0.6) is 0 Å². The van der Waals surface area contributed by atoms with Gasteiger partial charge in [-0.2, -0.15) is 0 Å². The van der Waals surface area contributed by atoms with Crippen LogP contribution in [0.2, 0.25) is 0 Å². The van der Waals surface area contributed by atoms with Crippen LogP contribution in [0, 0.1) is 5.92 Å². The number of hydrogen-bond donors (Lipinski definition) is 2. The van der Waals surface area contributed by atoms with Gasteiger partial charge in [-0.25, -0.2) is 18.5 Å². The number of rotatable bonds is 4. The molecule has 102 valence electrons. The molecule has 7 heteroatoms. The summed E-state index contributed by atoms with van der Waals surface area (Å²) in [5.41, 5.74) is -0.0515. The van der Waals surface area contributed by atoms with E-state index in [-0.39, 0.29) is 10.6 Å². The Labute approximate surface area is 107 Å². The third-order valence-corrected chi connectivity index (χ3v) is 4.27. The van der Waals surface area contributed by atoms with Crippen molar-refractivity contribution in [2.24, 2.45) is 11.1 Å². The van der Waals surface area contributed by atoms with Gasteiger partial charge in [0.15, 0.2) is 0 Å². The smallest absolute Gasteiger partial charge is 0.261 e. The molecule has 0 aromatic carbocycles. The van der Waals surface area contributed by atoms with Gasteiger partial charge >= 0.3 is 0 Å². The van der Waals surface area contributed by atoms with Gasteiger partial charge < -0.3 is 0 Å². The lowest BCUT2D eigenvalue weighted by Crippen LogP contribution is -2.26. The Bertz CT molecular complexity index is 515. The van der Waals surface area contributed by atoms with E-state index in [0.29, 0.717) is 11.7 Å². The standard InChI is InChI=1S/C11H20N4O2S/c1-8(2)7-11(5-3-4-6-11)9-13-10(15-14-9)18(12,16)17/h8H,3-7H2,1-2H3,(H2,12,16,17)(H,13,14,15). The predicted molar refractivity (Wildman–Crippen MR) is 67.4 cm³/mol. The molecule has 0 saturated heterocycles.